The maximum absolute atomic E-state index is 13.0. The largest absolute Gasteiger partial charge is 0.507 e. The fourth-order valence-electron chi connectivity index (χ4n) is 3.40. The SMILES string of the molecule is COc1ccc(Cl)cc1/C(O)=C1\C(=O)C(=O)N(CCOC(C)C)C1c1ccncc1. The van der Waals surface area contributed by atoms with E-state index >= 15 is 0 Å². The van der Waals surface area contributed by atoms with Gasteiger partial charge < -0.3 is 19.5 Å². The van der Waals surface area contributed by atoms with Crippen molar-refractivity contribution in [3.63, 3.8) is 0 Å². The molecule has 2 aromatic rings. The van der Waals surface area contributed by atoms with E-state index in [4.69, 9.17) is 21.1 Å². The number of pyridine rings is 1. The second kappa shape index (κ2) is 9.28. The van der Waals surface area contributed by atoms with E-state index in [1.54, 1.807) is 36.7 Å². The monoisotopic (exact) mass is 430 g/mol. The van der Waals surface area contributed by atoms with Crippen molar-refractivity contribution in [2.75, 3.05) is 20.3 Å². The number of hydrogen-bond donors (Lipinski definition) is 1. The Kier molecular flexibility index (Phi) is 6.74. The van der Waals surface area contributed by atoms with E-state index in [2.05, 4.69) is 4.98 Å². The van der Waals surface area contributed by atoms with E-state index < -0.39 is 17.7 Å². The van der Waals surface area contributed by atoms with Gasteiger partial charge in [-0.05, 0) is 49.7 Å². The number of aromatic nitrogens is 1. The Morgan fingerprint density at radius 2 is 1.93 bits per heavy atom. The summed E-state index contributed by atoms with van der Waals surface area (Å²) in [4.78, 5) is 31.2. The Hall–Kier alpha value is -2.90. The first-order valence-corrected chi connectivity index (χ1v) is 9.86. The highest BCUT2D eigenvalue weighted by atomic mass is 35.5. The lowest BCUT2D eigenvalue weighted by Crippen LogP contribution is -2.33. The summed E-state index contributed by atoms with van der Waals surface area (Å²) in [7, 11) is 1.45. The van der Waals surface area contributed by atoms with Gasteiger partial charge in [0, 0.05) is 24.0 Å². The molecule has 3 rings (SSSR count). The van der Waals surface area contributed by atoms with Gasteiger partial charge >= 0.3 is 0 Å². The maximum Gasteiger partial charge on any atom is 0.295 e. The number of aliphatic hydroxyl groups excluding tert-OH is 1. The van der Waals surface area contributed by atoms with Gasteiger partial charge in [-0.25, -0.2) is 0 Å². The first kappa shape index (κ1) is 21.8. The topological polar surface area (TPSA) is 89.0 Å². The molecule has 0 bridgehead atoms. The summed E-state index contributed by atoms with van der Waals surface area (Å²) in [6.45, 7) is 4.23. The fourth-order valence-corrected chi connectivity index (χ4v) is 3.57. The van der Waals surface area contributed by atoms with Gasteiger partial charge in [-0.3, -0.25) is 14.6 Å². The van der Waals surface area contributed by atoms with E-state index in [0.717, 1.165) is 0 Å². The number of halogens is 1. The number of ether oxygens (including phenoxy) is 2. The van der Waals surface area contributed by atoms with Crippen LogP contribution in [0, 0.1) is 0 Å². The Bertz CT molecular complexity index is 975. The van der Waals surface area contributed by atoms with Crippen LogP contribution in [0.4, 0.5) is 0 Å². The number of nitrogens with zero attached hydrogens (tertiary/aromatic N) is 2. The van der Waals surface area contributed by atoms with E-state index in [1.807, 2.05) is 13.8 Å². The number of hydrogen-bond acceptors (Lipinski definition) is 6. The number of rotatable bonds is 7. The lowest BCUT2D eigenvalue weighted by atomic mass is 9.95. The number of aliphatic hydroxyl groups is 1. The summed E-state index contributed by atoms with van der Waals surface area (Å²) in [6, 6.07) is 7.32. The van der Waals surface area contributed by atoms with E-state index in [-0.39, 0.29) is 36.2 Å². The molecule has 0 saturated carbocycles. The minimum absolute atomic E-state index is 0.0167. The van der Waals surface area contributed by atoms with Crippen LogP contribution < -0.4 is 4.74 Å². The average molecular weight is 431 g/mol. The number of Topliss-reactive ketones (excluding diaryl/α,β-unsaturated/α-hetero) is 1. The molecule has 0 radical (unpaired) electrons. The molecule has 1 aliphatic heterocycles. The Balaban J connectivity index is 2.13. The van der Waals surface area contributed by atoms with Gasteiger partial charge in [-0.15, -0.1) is 0 Å². The van der Waals surface area contributed by atoms with Crippen molar-refractivity contribution in [2.45, 2.75) is 26.0 Å². The first-order chi connectivity index (χ1) is 14.3. The van der Waals surface area contributed by atoms with Crippen molar-refractivity contribution in [1.82, 2.24) is 9.88 Å². The number of likely N-dealkylation sites (tertiary alicyclic amines) is 1. The van der Waals surface area contributed by atoms with Crippen LogP contribution in [0.1, 0.15) is 31.0 Å². The number of ketones is 1. The van der Waals surface area contributed by atoms with Crippen LogP contribution in [0.15, 0.2) is 48.3 Å². The van der Waals surface area contributed by atoms with Gasteiger partial charge in [0.05, 0.1) is 37.0 Å². The van der Waals surface area contributed by atoms with Gasteiger partial charge in [-0.2, -0.15) is 0 Å². The summed E-state index contributed by atoms with van der Waals surface area (Å²) in [5.74, 6) is -1.49. The highest BCUT2D eigenvalue weighted by Gasteiger charge is 2.46. The standard InChI is InChI=1S/C22H23ClN2O5/c1-13(2)30-11-10-25-19(14-6-8-24-9-7-14)18(21(27)22(25)28)20(26)16-12-15(23)4-5-17(16)29-3/h4-9,12-13,19,26H,10-11H2,1-3H3/b20-18+. The van der Waals surface area contributed by atoms with Gasteiger partial charge in [-0.1, -0.05) is 11.6 Å². The van der Waals surface area contributed by atoms with Crippen molar-refractivity contribution in [2.24, 2.45) is 0 Å². The molecule has 1 unspecified atom stereocenters. The fraction of sp³-hybridized carbons (Fsp3) is 0.318. The number of amides is 1. The highest BCUT2D eigenvalue weighted by molar-refractivity contribution is 6.46. The molecule has 8 heteroatoms. The van der Waals surface area contributed by atoms with Crippen LogP contribution in [0.5, 0.6) is 5.75 Å². The molecular weight excluding hydrogens is 408 g/mol. The van der Waals surface area contributed by atoms with Gasteiger partial charge in [0.25, 0.3) is 11.7 Å². The van der Waals surface area contributed by atoms with Crippen LogP contribution in [0.2, 0.25) is 5.02 Å². The summed E-state index contributed by atoms with van der Waals surface area (Å²) in [6.07, 6.45) is 3.12. The van der Waals surface area contributed by atoms with E-state index in [1.165, 1.54) is 18.1 Å². The molecule has 1 aliphatic rings. The molecule has 1 aromatic carbocycles. The predicted molar refractivity (Wildman–Crippen MR) is 112 cm³/mol. The lowest BCUT2D eigenvalue weighted by molar-refractivity contribution is -0.140. The number of carbonyl (C=O) groups is 2. The molecule has 1 N–H and O–H groups in total. The second-order valence-electron chi connectivity index (χ2n) is 7.04. The van der Waals surface area contributed by atoms with Gasteiger partial charge in [0.1, 0.15) is 11.5 Å². The molecular formula is C22H23ClN2O5. The van der Waals surface area contributed by atoms with Crippen LogP contribution in [0.3, 0.4) is 0 Å². The van der Waals surface area contributed by atoms with Crippen LogP contribution in [-0.2, 0) is 14.3 Å². The molecule has 158 valence electrons. The quantitative estimate of drug-likeness (QED) is 0.410. The first-order valence-electron chi connectivity index (χ1n) is 9.49. The number of benzene rings is 1. The average Bonchev–Trinajstić information content (AvgIpc) is 2.98. The van der Waals surface area contributed by atoms with Crippen LogP contribution in [-0.4, -0.2) is 53.0 Å². The highest BCUT2D eigenvalue weighted by Crippen LogP contribution is 2.41. The maximum atomic E-state index is 13.0. The smallest absolute Gasteiger partial charge is 0.295 e. The van der Waals surface area contributed by atoms with E-state index in [9.17, 15) is 14.7 Å². The number of methoxy groups -OCH3 is 1. The summed E-state index contributed by atoms with van der Waals surface area (Å²) >= 11 is 6.09. The van der Waals surface area contributed by atoms with Gasteiger partial charge in [0.2, 0.25) is 0 Å². The molecule has 1 aromatic heterocycles. The molecule has 1 saturated heterocycles. The van der Waals surface area contributed by atoms with Crippen molar-refractivity contribution in [3.05, 3.63) is 64.4 Å². The molecule has 7 nitrogen and oxygen atoms in total. The lowest BCUT2D eigenvalue weighted by Gasteiger charge is -2.25. The second-order valence-corrected chi connectivity index (χ2v) is 7.47. The summed E-state index contributed by atoms with van der Waals surface area (Å²) < 4.78 is 10.9. The molecule has 2 heterocycles. The molecule has 1 atom stereocenters. The van der Waals surface area contributed by atoms with Crippen LogP contribution >= 0.6 is 11.6 Å². The minimum Gasteiger partial charge on any atom is -0.507 e. The van der Waals surface area contributed by atoms with Crippen molar-refractivity contribution in [1.29, 1.82) is 0 Å². The molecule has 1 amide bonds. The van der Waals surface area contributed by atoms with Gasteiger partial charge in [0.15, 0.2) is 0 Å². The molecule has 0 aliphatic carbocycles. The Labute approximate surface area is 179 Å². The third-order valence-corrected chi connectivity index (χ3v) is 5.00. The third-order valence-electron chi connectivity index (χ3n) is 4.76. The van der Waals surface area contributed by atoms with Crippen molar-refractivity contribution in [3.8, 4) is 5.75 Å². The number of carbonyl (C=O) groups excluding carboxylic acids is 2. The van der Waals surface area contributed by atoms with Crippen molar-refractivity contribution < 1.29 is 24.2 Å². The zero-order chi connectivity index (χ0) is 21.8. The minimum atomic E-state index is -0.785. The zero-order valence-corrected chi connectivity index (χ0v) is 17.7. The normalized spacial score (nSPS) is 18.3. The molecule has 30 heavy (non-hydrogen) atoms. The van der Waals surface area contributed by atoms with Crippen LogP contribution in [0.25, 0.3) is 5.76 Å². The van der Waals surface area contributed by atoms with Crippen molar-refractivity contribution >= 4 is 29.1 Å². The molecule has 0 spiro atoms. The predicted octanol–water partition coefficient (Wildman–Crippen LogP) is 3.59. The summed E-state index contributed by atoms with van der Waals surface area (Å²) in [5, 5.41) is 11.5. The summed E-state index contributed by atoms with van der Waals surface area (Å²) in [5.41, 5.74) is 0.855. The Morgan fingerprint density at radius 1 is 1.23 bits per heavy atom. The molecule has 1 fully saturated rings. The Morgan fingerprint density at radius 3 is 2.57 bits per heavy atom. The third kappa shape index (κ3) is 4.32. The van der Waals surface area contributed by atoms with E-state index in [0.29, 0.717) is 16.3 Å². The zero-order valence-electron chi connectivity index (χ0n) is 17.0.